The summed E-state index contributed by atoms with van der Waals surface area (Å²) in [5.74, 6) is -0.995. The third-order valence-electron chi connectivity index (χ3n) is 12.7. The van der Waals surface area contributed by atoms with Crippen LogP contribution in [0.5, 0.6) is 0 Å². The van der Waals surface area contributed by atoms with Crippen LogP contribution in [-0.2, 0) is 28.6 Å². The van der Waals surface area contributed by atoms with E-state index in [1.54, 1.807) is 0 Å². The first kappa shape index (κ1) is 69.1. The zero-order valence-electron chi connectivity index (χ0n) is 47.6. The van der Waals surface area contributed by atoms with Crippen molar-refractivity contribution in [1.82, 2.24) is 0 Å². The Hall–Kier alpha value is -3.93. The molecule has 0 unspecified atom stereocenters. The van der Waals surface area contributed by atoms with Gasteiger partial charge in [-0.2, -0.15) is 0 Å². The number of rotatable bonds is 54. The summed E-state index contributed by atoms with van der Waals surface area (Å²) in [6.07, 6.45) is 82.3. The van der Waals surface area contributed by atoms with Crippen molar-refractivity contribution in [3.63, 3.8) is 0 Å². The lowest BCUT2D eigenvalue weighted by Crippen LogP contribution is -2.30. The Labute approximate surface area is 450 Å². The Morgan fingerprint density at radius 3 is 0.863 bits per heavy atom. The molecule has 1 atom stereocenters. The summed E-state index contributed by atoms with van der Waals surface area (Å²) in [7, 11) is 0. The average Bonchev–Trinajstić information content (AvgIpc) is 3.39. The molecule has 0 amide bonds. The van der Waals surface area contributed by atoms with Crippen LogP contribution in [0.2, 0.25) is 0 Å². The minimum atomic E-state index is -0.817. The fraction of sp³-hybridized carbons (Fsp3) is 0.687. The van der Waals surface area contributed by atoms with E-state index in [9.17, 15) is 14.4 Å². The molecule has 0 rings (SSSR count). The van der Waals surface area contributed by atoms with Gasteiger partial charge in [-0.25, -0.2) is 0 Å². The van der Waals surface area contributed by atoms with Gasteiger partial charge in [-0.1, -0.05) is 239 Å². The number of carbonyl (C=O) groups is 3. The highest BCUT2D eigenvalue weighted by Crippen LogP contribution is 2.14. The van der Waals surface area contributed by atoms with E-state index >= 15 is 0 Å². The molecule has 6 nitrogen and oxygen atoms in total. The molecule has 0 N–H and O–H groups in total. The van der Waals surface area contributed by atoms with Crippen molar-refractivity contribution in [3.8, 4) is 0 Å². The Morgan fingerprint density at radius 1 is 0.274 bits per heavy atom. The summed E-state index contributed by atoms with van der Waals surface area (Å²) < 4.78 is 16.8. The average molecular weight is 1010 g/mol. The van der Waals surface area contributed by atoms with Gasteiger partial charge in [0.1, 0.15) is 13.2 Å². The summed E-state index contributed by atoms with van der Waals surface area (Å²) >= 11 is 0. The van der Waals surface area contributed by atoms with E-state index in [0.717, 1.165) is 89.9 Å². The minimum absolute atomic E-state index is 0.113. The molecule has 0 aromatic heterocycles. The van der Waals surface area contributed by atoms with E-state index in [-0.39, 0.29) is 37.5 Å². The maximum absolute atomic E-state index is 12.9. The lowest BCUT2D eigenvalue weighted by Gasteiger charge is -2.18. The number of allylic oxidation sites excluding steroid dienone is 18. The molecule has 416 valence electrons. The van der Waals surface area contributed by atoms with E-state index < -0.39 is 6.10 Å². The quantitative estimate of drug-likeness (QED) is 0.0261. The van der Waals surface area contributed by atoms with Crippen LogP contribution < -0.4 is 0 Å². The first-order valence-electron chi connectivity index (χ1n) is 30.4. The first-order valence-corrected chi connectivity index (χ1v) is 30.4. The number of hydrogen-bond acceptors (Lipinski definition) is 6. The van der Waals surface area contributed by atoms with Gasteiger partial charge >= 0.3 is 17.9 Å². The molecule has 0 spiro atoms. The van der Waals surface area contributed by atoms with E-state index in [2.05, 4.69) is 130 Å². The molecular formula is C67H112O6. The van der Waals surface area contributed by atoms with E-state index in [1.807, 2.05) is 0 Å². The Balaban J connectivity index is 4.53. The highest BCUT2D eigenvalue weighted by atomic mass is 16.6. The molecule has 0 bridgehead atoms. The summed E-state index contributed by atoms with van der Waals surface area (Å²) in [4.78, 5) is 38.2. The smallest absolute Gasteiger partial charge is 0.306 e. The van der Waals surface area contributed by atoms with Crippen LogP contribution in [0.4, 0.5) is 0 Å². The third-order valence-corrected chi connectivity index (χ3v) is 12.7. The number of carbonyl (C=O) groups excluding carboxylic acids is 3. The SMILES string of the molecule is CCCCC/C=C\C/C=C\C/C=C\C/C=C\CCCCCC(=O)OC[C@H](COC(=O)CCC/C=C\C/C=C\C/C=C\CCCCCCCC)OC(=O)CCCCCCCCCCC/C=C\C/C=C\CCCCC. The van der Waals surface area contributed by atoms with Gasteiger partial charge in [0.05, 0.1) is 0 Å². The topological polar surface area (TPSA) is 78.9 Å². The fourth-order valence-corrected chi connectivity index (χ4v) is 8.12. The second-order valence-electron chi connectivity index (χ2n) is 19.9. The van der Waals surface area contributed by atoms with Crippen molar-refractivity contribution in [3.05, 3.63) is 109 Å². The number of unbranched alkanes of at least 4 members (excludes halogenated alkanes) is 25. The summed E-state index contributed by atoms with van der Waals surface area (Å²) in [5, 5.41) is 0. The van der Waals surface area contributed by atoms with Crippen molar-refractivity contribution < 1.29 is 28.6 Å². The van der Waals surface area contributed by atoms with Crippen molar-refractivity contribution in [1.29, 1.82) is 0 Å². The highest BCUT2D eigenvalue weighted by molar-refractivity contribution is 5.71. The molecule has 0 radical (unpaired) electrons. The molecule has 0 aliphatic carbocycles. The fourth-order valence-electron chi connectivity index (χ4n) is 8.12. The monoisotopic (exact) mass is 1010 g/mol. The number of esters is 3. The van der Waals surface area contributed by atoms with Gasteiger partial charge < -0.3 is 14.2 Å². The molecule has 0 aromatic carbocycles. The predicted octanol–water partition coefficient (Wildman–Crippen LogP) is 20.7. The second kappa shape index (κ2) is 60.6. The van der Waals surface area contributed by atoms with Crippen molar-refractivity contribution in [2.75, 3.05) is 13.2 Å². The summed E-state index contributed by atoms with van der Waals surface area (Å²) in [6, 6.07) is 0. The van der Waals surface area contributed by atoms with Crippen LogP contribution >= 0.6 is 0 Å². The summed E-state index contributed by atoms with van der Waals surface area (Å²) in [5.41, 5.74) is 0. The molecule has 0 saturated carbocycles. The Kier molecular flexibility index (Phi) is 57.4. The maximum Gasteiger partial charge on any atom is 0.306 e. The largest absolute Gasteiger partial charge is 0.462 e. The van der Waals surface area contributed by atoms with Gasteiger partial charge in [-0.3, -0.25) is 14.4 Å². The van der Waals surface area contributed by atoms with Gasteiger partial charge in [0.25, 0.3) is 0 Å². The van der Waals surface area contributed by atoms with E-state index in [1.165, 1.54) is 141 Å². The van der Waals surface area contributed by atoms with Crippen LogP contribution in [0.3, 0.4) is 0 Å². The van der Waals surface area contributed by atoms with Crippen molar-refractivity contribution >= 4 is 17.9 Å². The molecule has 0 aliphatic heterocycles. The number of hydrogen-bond donors (Lipinski definition) is 0. The molecule has 6 heteroatoms. The van der Waals surface area contributed by atoms with Gasteiger partial charge in [-0.05, 0) is 128 Å². The molecule has 0 fully saturated rings. The Bertz CT molecular complexity index is 1490. The predicted molar refractivity (Wildman–Crippen MR) is 316 cm³/mol. The molecule has 0 aromatic rings. The first-order chi connectivity index (χ1) is 36.0. The lowest BCUT2D eigenvalue weighted by molar-refractivity contribution is -0.167. The molecular weight excluding hydrogens is 901 g/mol. The van der Waals surface area contributed by atoms with Crippen molar-refractivity contribution in [2.45, 2.75) is 284 Å². The second-order valence-corrected chi connectivity index (χ2v) is 19.9. The van der Waals surface area contributed by atoms with Crippen molar-refractivity contribution in [2.24, 2.45) is 0 Å². The number of ether oxygens (including phenoxy) is 3. The molecule has 73 heavy (non-hydrogen) atoms. The van der Waals surface area contributed by atoms with Crippen LogP contribution in [0.25, 0.3) is 0 Å². The van der Waals surface area contributed by atoms with Crippen LogP contribution in [0.15, 0.2) is 109 Å². The van der Waals surface area contributed by atoms with Gasteiger partial charge in [0, 0.05) is 19.3 Å². The maximum atomic E-state index is 12.9. The molecule has 0 saturated heterocycles. The zero-order valence-corrected chi connectivity index (χ0v) is 47.6. The normalized spacial score (nSPS) is 12.9. The van der Waals surface area contributed by atoms with E-state index in [4.69, 9.17) is 14.2 Å². The standard InChI is InChI=1S/C67H112O6/c1-4-7-10-13-16-19-22-25-28-31-33-36-39-42-45-48-51-54-57-60-66(69)72-63-64(62-71-65(68)59-56-53-50-47-44-41-38-35-30-27-24-21-18-15-12-9-6-3)73-67(70)61-58-55-52-49-46-43-40-37-34-32-29-26-23-20-17-14-11-8-5-2/h16-17,19-20,25-30,33,36,38,41-42,45,47,50,64H,4-15,18,21-24,31-32,34-35,37,39-40,43-44,46,48-49,51-63H2,1-3H3/b19-16-,20-17-,28-25-,29-26-,30-27-,36-33-,41-38-,45-42-,50-47-/t64-/m0/s1. The van der Waals surface area contributed by atoms with Gasteiger partial charge in [0.2, 0.25) is 0 Å². The van der Waals surface area contributed by atoms with Crippen LogP contribution in [0.1, 0.15) is 278 Å². The van der Waals surface area contributed by atoms with E-state index in [0.29, 0.717) is 19.3 Å². The Morgan fingerprint density at radius 2 is 0.507 bits per heavy atom. The third kappa shape index (κ3) is 58.8. The zero-order chi connectivity index (χ0) is 52.9. The summed E-state index contributed by atoms with van der Waals surface area (Å²) in [6.45, 7) is 6.52. The lowest BCUT2D eigenvalue weighted by atomic mass is 10.1. The highest BCUT2D eigenvalue weighted by Gasteiger charge is 2.19. The minimum Gasteiger partial charge on any atom is -0.462 e. The van der Waals surface area contributed by atoms with Crippen LogP contribution in [0, 0.1) is 0 Å². The van der Waals surface area contributed by atoms with Gasteiger partial charge in [0.15, 0.2) is 6.10 Å². The molecule has 0 heterocycles. The molecule has 0 aliphatic rings. The van der Waals surface area contributed by atoms with Crippen LogP contribution in [-0.4, -0.2) is 37.2 Å². The van der Waals surface area contributed by atoms with Gasteiger partial charge in [-0.15, -0.1) is 0 Å².